The van der Waals surface area contributed by atoms with Gasteiger partial charge in [0.2, 0.25) is 0 Å². The number of hydrogen-bond donors (Lipinski definition) is 0. The van der Waals surface area contributed by atoms with Gasteiger partial charge in [-0.3, -0.25) is 4.57 Å². The Morgan fingerprint density at radius 2 is 1.90 bits per heavy atom. The summed E-state index contributed by atoms with van der Waals surface area (Å²) in [4.78, 5) is 13.2. The smallest absolute Gasteiger partial charge is 0.189 e. The highest BCUT2D eigenvalue weighted by molar-refractivity contribution is 9.10. The molecule has 0 aliphatic heterocycles. The van der Waals surface area contributed by atoms with Gasteiger partial charge in [-0.2, -0.15) is 0 Å². The molecule has 0 aliphatic rings. The summed E-state index contributed by atoms with van der Waals surface area (Å²) < 4.78 is 2.74. The van der Waals surface area contributed by atoms with Crippen LogP contribution >= 0.6 is 27.7 Å². The Labute approximate surface area is 129 Å². The van der Waals surface area contributed by atoms with Crippen molar-refractivity contribution in [3.63, 3.8) is 0 Å². The van der Waals surface area contributed by atoms with E-state index in [2.05, 4.69) is 30.9 Å². The molecular formula is C14H11BrN4S. The van der Waals surface area contributed by atoms with E-state index >= 15 is 0 Å². The van der Waals surface area contributed by atoms with Crippen LogP contribution in [-0.2, 0) is 0 Å². The molecule has 0 unspecified atom stereocenters. The summed E-state index contributed by atoms with van der Waals surface area (Å²) in [6.45, 7) is 0. The second kappa shape index (κ2) is 5.76. The molecule has 0 saturated heterocycles. The first-order valence-corrected chi connectivity index (χ1v) is 7.97. The second-order valence-electron chi connectivity index (χ2n) is 4.02. The summed E-state index contributed by atoms with van der Waals surface area (Å²) in [5, 5.41) is 0.742. The molecule has 3 aromatic rings. The fraction of sp³-hybridized carbons (Fsp3) is 0.0714. The van der Waals surface area contributed by atoms with Crippen molar-refractivity contribution in [3.8, 4) is 17.2 Å². The molecule has 0 N–H and O–H groups in total. The molecule has 20 heavy (non-hydrogen) atoms. The quantitative estimate of drug-likeness (QED) is 0.534. The average molecular weight is 347 g/mol. The van der Waals surface area contributed by atoms with Gasteiger partial charge in [0, 0.05) is 18.0 Å². The Morgan fingerprint density at radius 1 is 1.10 bits per heavy atom. The SMILES string of the molecule is CSc1nccc(-n2cc(Br)nc2-c2ccccc2)n1. The highest BCUT2D eigenvalue weighted by Gasteiger charge is 2.11. The van der Waals surface area contributed by atoms with E-state index in [4.69, 9.17) is 0 Å². The van der Waals surface area contributed by atoms with Crippen molar-refractivity contribution in [2.24, 2.45) is 0 Å². The van der Waals surface area contributed by atoms with Crippen molar-refractivity contribution in [2.75, 3.05) is 6.26 Å². The second-order valence-corrected chi connectivity index (χ2v) is 5.61. The molecule has 0 aliphatic carbocycles. The van der Waals surface area contributed by atoms with Crippen LogP contribution in [0.2, 0.25) is 0 Å². The third kappa shape index (κ3) is 2.62. The molecule has 0 spiro atoms. The van der Waals surface area contributed by atoms with Gasteiger partial charge in [0.25, 0.3) is 0 Å². The van der Waals surface area contributed by atoms with E-state index in [1.54, 1.807) is 6.20 Å². The lowest BCUT2D eigenvalue weighted by Crippen LogP contribution is -2.00. The molecule has 0 bridgehead atoms. The molecule has 100 valence electrons. The van der Waals surface area contributed by atoms with Gasteiger partial charge in [0.15, 0.2) is 5.16 Å². The lowest BCUT2D eigenvalue weighted by Gasteiger charge is -2.07. The molecule has 4 nitrogen and oxygen atoms in total. The average Bonchev–Trinajstić information content (AvgIpc) is 2.90. The van der Waals surface area contributed by atoms with Crippen molar-refractivity contribution in [1.82, 2.24) is 19.5 Å². The number of hydrogen-bond acceptors (Lipinski definition) is 4. The van der Waals surface area contributed by atoms with E-state index in [1.165, 1.54) is 11.8 Å². The maximum atomic E-state index is 4.53. The monoisotopic (exact) mass is 346 g/mol. The van der Waals surface area contributed by atoms with E-state index in [9.17, 15) is 0 Å². The fourth-order valence-corrected chi connectivity index (χ4v) is 2.61. The Balaban J connectivity index is 2.14. The molecule has 0 fully saturated rings. The van der Waals surface area contributed by atoms with Gasteiger partial charge in [0.1, 0.15) is 16.2 Å². The van der Waals surface area contributed by atoms with Crippen molar-refractivity contribution in [2.45, 2.75) is 5.16 Å². The van der Waals surface area contributed by atoms with Crippen LogP contribution in [0.15, 0.2) is 58.6 Å². The van der Waals surface area contributed by atoms with E-state index in [0.717, 1.165) is 27.0 Å². The van der Waals surface area contributed by atoms with Crippen molar-refractivity contribution >= 4 is 27.7 Å². The fourth-order valence-electron chi connectivity index (χ4n) is 1.88. The van der Waals surface area contributed by atoms with Gasteiger partial charge >= 0.3 is 0 Å². The van der Waals surface area contributed by atoms with Crippen LogP contribution in [0, 0.1) is 0 Å². The first kappa shape index (κ1) is 13.3. The molecule has 2 aromatic heterocycles. The number of thioether (sulfide) groups is 1. The third-order valence-corrected chi connectivity index (χ3v) is 3.70. The van der Waals surface area contributed by atoms with Crippen molar-refractivity contribution in [1.29, 1.82) is 0 Å². The molecule has 1 aromatic carbocycles. The number of halogens is 1. The van der Waals surface area contributed by atoms with Crippen LogP contribution in [-0.4, -0.2) is 25.8 Å². The Morgan fingerprint density at radius 3 is 2.65 bits per heavy atom. The van der Waals surface area contributed by atoms with E-state index in [-0.39, 0.29) is 0 Å². The van der Waals surface area contributed by atoms with Crippen LogP contribution in [0.1, 0.15) is 0 Å². The van der Waals surface area contributed by atoms with Crippen LogP contribution in [0.5, 0.6) is 0 Å². The zero-order chi connectivity index (χ0) is 13.9. The summed E-state index contributed by atoms with van der Waals surface area (Å²) in [6.07, 6.45) is 5.63. The molecule has 0 saturated carbocycles. The highest BCUT2D eigenvalue weighted by atomic mass is 79.9. The lowest BCUT2D eigenvalue weighted by atomic mass is 10.2. The van der Waals surface area contributed by atoms with Crippen LogP contribution in [0.25, 0.3) is 17.2 Å². The van der Waals surface area contributed by atoms with Gasteiger partial charge in [-0.15, -0.1) is 0 Å². The summed E-state index contributed by atoms with van der Waals surface area (Å²) in [6, 6.07) is 11.9. The van der Waals surface area contributed by atoms with Crippen molar-refractivity contribution < 1.29 is 0 Å². The summed E-state index contributed by atoms with van der Waals surface area (Å²) in [5.74, 6) is 1.66. The molecule has 6 heteroatoms. The Kier molecular flexibility index (Phi) is 3.84. The zero-order valence-electron chi connectivity index (χ0n) is 10.7. The number of nitrogens with zero attached hydrogens (tertiary/aromatic N) is 4. The Bertz CT molecular complexity index is 727. The molecule has 0 amide bonds. The minimum absolute atomic E-state index is 0.742. The van der Waals surface area contributed by atoms with E-state index in [0.29, 0.717) is 0 Å². The van der Waals surface area contributed by atoms with Crippen LogP contribution in [0.4, 0.5) is 0 Å². The maximum absolute atomic E-state index is 4.53. The topological polar surface area (TPSA) is 43.6 Å². The van der Waals surface area contributed by atoms with Crippen LogP contribution in [0.3, 0.4) is 0 Å². The summed E-state index contributed by atoms with van der Waals surface area (Å²) >= 11 is 4.95. The first-order valence-electron chi connectivity index (χ1n) is 5.95. The van der Waals surface area contributed by atoms with E-state index in [1.807, 2.05) is 53.4 Å². The number of aromatic nitrogens is 4. The standard InChI is InChI=1S/C14H11BrN4S/c1-20-14-16-8-7-12(18-14)19-9-11(15)17-13(19)10-5-3-2-4-6-10/h2-9H,1H3. The zero-order valence-corrected chi connectivity index (χ0v) is 13.1. The number of imidazole rings is 1. The molecular weight excluding hydrogens is 336 g/mol. The maximum Gasteiger partial charge on any atom is 0.189 e. The lowest BCUT2D eigenvalue weighted by molar-refractivity contribution is 0.894. The summed E-state index contributed by atoms with van der Waals surface area (Å²) in [7, 11) is 0. The number of rotatable bonds is 3. The number of benzene rings is 1. The first-order chi connectivity index (χ1) is 9.78. The van der Waals surface area contributed by atoms with Crippen molar-refractivity contribution in [3.05, 3.63) is 53.4 Å². The van der Waals surface area contributed by atoms with Gasteiger partial charge in [0.05, 0.1) is 0 Å². The van der Waals surface area contributed by atoms with Gasteiger partial charge < -0.3 is 0 Å². The Hall–Kier alpha value is -1.66. The third-order valence-electron chi connectivity index (χ3n) is 2.76. The predicted molar refractivity (Wildman–Crippen MR) is 84.1 cm³/mol. The van der Waals surface area contributed by atoms with Gasteiger partial charge in [-0.05, 0) is 28.3 Å². The molecule has 0 radical (unpaired) electrons. The molecule has 0 atom stereocenters. The van der Waals surface area contributed by atoms with Gasteiger partial charge in [-0.1, -0.05) is 42.1 Å². The summed E-state index contributed by atoms with van der Waals surface area (Å²) in [5.41, 5.74) is 1.04. The normalized spacial score (nSPS) is 10.7. The molecule has 3 rings (SSSR count). The minimum Gasteiger partial charge on any atom is -0.283 e. The molecule has 2 heterocycles. The van der Waals surface area contributed by atoms with E-state index < -0.39 is 0 Å². The highest BCUT2D eigenvalue weighted by Crippen LogP contribution is 2.24. The predicted octanol–water partition coefficient (Wildman–Crippen LogP) is 3.81. The van der Waals surface area contributed by atoms with Gasteiger partial charge in [-0.25, -0.2) is 15.0 Å². The minimum atomic E-state index is 0.742. The largest absolute Gasteiger partial charge is 0.283 e. The van der Waals surface area contributed by atoms with Crippen LogP contribution < -0.4 is 0 Å².